The summed E-state index contributed by atoms with van der Waals surface area (Å²) in [5.74, 6) is 0.689. The highest BCUT2D eigenvalue weighted by molar-refractivity contribution is 9.11. The lowest BCUT2D eigenvalue weighted by Gasteiger charge is -2.11. The first kappa shape index (κ1) is 15.5. The van der Waals surface area contributed by atoms with E-state index < -0.39 is 0 Å². The number of benzene rings is 1. The fourth-order valence-electron chi connectivity index (χ4n) is 1.36. The van der Waals surface area contributed by atoms with Crippen molar-refractivity contribution in [2.24, 2.45) is 0 Å². The summed E-state index contributed by atoms with van der Waals surface area (Å²) in [5.41, 5.74) is 0.447. The van der Waals surface area contributed by atoms with Crippen LogP contribution in [0.15, 0.2) is 29.3 Å². The Hall–Kier alpha value is -1.53. The molecule has 0 atom stereocenters. The molecule has 1 aromatic rings. The minimum Gasteiger partial charge on any atom is -0.493 e. The highest BCUT2D eigenvalue weighted by atomic mass is 79.9. The van der Waals surface area contributed by atoms with E-state index in [1.807, 2.05) is 0 Å². The molecule has 1 amide bonds. The third-order valence-electron chi connectivity index (χ3n) is 2.22. The Balaban J connectivity index is 2.84. The maximum absolute atomic E-state index is 11.9. The molecule has 0 saturated heterocycles. The van der Waals surface area contributed by atoms with Crippen molar-refractivity contribution in [2.75, 3.05) is 26.9 Å². The molecule has 0 bridgehead atoms. The summed E-state index contributed by atoms with van der Waals surface area (Å²) in [4.78, 5) is 11.9. The van der Waals surface area contributed by atoms with Crippen molar-refractivity contribution in [3.63, 3.8) is 0 Å². The van der Waals surface area contributed by atoms with Crippen LogP contribution in [-0.4, -0.2) is 37.9 Å². The quantitative estimate of drug-likeness (QED) is 0.799. The second kappa shape index (κ2) is 7.81. The Kier molecular flexibility index (Phi) is 6.38. The van der Waals surface area contributed by atoms with Gasteiger partial charge >= 0.3 is 0 Å². The van der Waals surface area contributed by atoms with Crippen molar-refractivity contribution in [3.05, 3.63) is 34.8 Å². The first-order valence-corrected chi connectivity index (χ1v) is 6.41. The highest BCUT2D eigenvalue weighted by Crippen LogP contribution is 2.28. The molecule has 0 radical (unpaired) electrons. The van der Waals surface area contributed by atoms with Gasteiger partial charge in [0.05, 0.1) is 13.7 Å². The van der Waals surface area contributed by atoms with Crippen LogP contribution in [0.3, 0.4) is 0 Å². The average Bonchev–Trinajstić information content (AvgIpc) is 2.42. The minimum absolute atomic E-state index is 0.108. The molecule has 1 rings (SSSR count). The second-order valence-corrected chi connectivity index (χ2v) is 4.76. The van der Waals surface area contributed by atoms with Gasteiger partial charge in [0.1, 0.15) is 6.61 Å². The smallest absolute Gasteiger partial charge is 0.251 e. The SMILES string of the molecule is C=C(Br)CNC(=O)c1ccc(OC)c(OCCO)c1. The highest BCUT2D eigenvalue weighted by Gasteiger charge is 2.11. The number of hydrogen-bond acceptors (Lipinski definition) is 4. The van der Waals surface area contributed by atoms with Crippen LogP contribution in [0.1, 0.15) is 10.4 Å². The summed E-state index contributed by atoms with van der Waals surface area (Å²) in [5, 5.41) is 11.4. The number of ether oxygens (including phenoxy) is 2. The van der Waals surface area contributed by atoms with Crippen molar-refractivity contribution in [3.8, 4) is 11.5 Å². The Labute approximate surface area is 120 Å². The van der Waals surface area contributed by atoms with Crippen molar-refractivity contribution in [2.45, 2.75) is 0 Å². The van der Waals surface area contributed by atoms with Crippen LogP contribution in [0.4, 0.5) is 0 Å². The molecule has 19 heavy (non-hydrogen) atoms. The molecular formula is C13H16BrNO4. The number of aliphatic hydroxyl groups excluding tert-OH is 1. The van der Waals surface area contributed by atoms with Gasteiger partial charge in [-0.25, -0.2) is 0 Å². The fraction of sp³-hybridized carbons (Fsp3) is 0.308. The van der Waals surface area contributed by atoms with Gasteiger partial charge in [-0.3, -0.25) is 4.79 Å². The van der Waals surface area contributed by atoms with Crippen molar-refractivity contribution < 1.29 is 19.4 Å². The van der Waals surface area contributed by atoms with E-state index in [2.05, 4.69) is 27.8 Å². The van der Waals surface area contributed by atoms with E-state index >= 15 is 0 Å². The van der Waals surface area contributed by atoms with Gasteiger partial charge in [-0.05, 0) is 18.2 Å². The van der Waals surface area contributed by atoms with Crippen molar-refractivity contribution in [1.29, 1.82) is 0 Å². The first-order valence-electron chi connectivity index (χ1n) is 5.61. The predicted octanol–water partition coefficient (Wildman–Crippen LogP) is 1.70. The van der Waals surface area contributed by atoms with Gasteiger partial charge in [0, 0.05) is 16.6 Å². The number of aliphatic hydroxyl groups is 1. The molecule has 0 heterocycles. The maximum atomic E-state index is 11.9. The van der Waals surface area contributed by atoms with E-state index in [4.69, 9.17) is 14.6 Å². The van der Waals surface area contributed by atoms with E-state index in [0.717, 1.165) is 0 Å². The van der Waals surface area contributed by atoms with Crippen LogP contribution < -0.4 is 14.8 Å². The van der Waals surface area contributed by atoms with Crippen molar-refractivity contribution in [1.82, 2.24) is 5.32 Å². The zero-order chi connectivity index (χ0) is 14.3. The number of hydrogen-bond donors (Lipinski definition) is 2. The number of rotatable bonds is 7. The minimum atomic E-state index is -0.239. The Morgan fingerprint density at radius 3 is 2.79 bits per heavy atom. The topological polar surface area (TPSA) is 67.8 Å². The van der Waals surface area contributed by atoms with E-state index in [-0.39, 0.29) is 19.1 Å². The molecule has 2 N–H and O–H groups in total. The molecule has 0 aliphatic rings. The van der Waals surface area contributed by atoms with Crippen LogP contribution >= 0.6 is 15.9 Å². The van der Waals surface area contributed by atoms with E-state index in [0.29, 0.717) is 28.1 Å². The lowest BCUT2D eigenvalue weighted by Crippen LogP contribution is -2.24. The summed E-state index contributed by atoms with van der Waals surface area (Å²) in [7, 11) is 1.51. The third-order valence-corrected chi connectivity index (χ3v) is 2.50. The summed E-state index contributed by atoms with van der Waals surface area (Å²) in [6.45, 7) is 4.01. The van der Waals surface area contributed by atoms with Gasteiger partial charge in [0.2, 0.25) is 0 Å². The molecule has 0 aromatic heterocycles. The first-order chi connectivity index (χ1) is 9.08. The Bertz CT molecular complexity index is 462. The lowest BCUT2D eigenvalue weighted by atomic mass is 10.2. The van der Waals surface area contributed by atoms with Gasteiger partial charge in [0.25, 0.3) is 5.91 Å². The van der Waals surface area contributed by atoms with Crippen LogP contribution in [0.2, 0.25) is 0 Å². The molecule has 0 aliphatic heterocycles. The molecule has 0 unspecified atom stereocenters. The molecule has 0 fully saturated rings. The number of amides is 1. The number of methoxy groups -OCH3 is 1. The van der Waals surface area contributed by atoms with E-state index in [1.165, 1.54) is 7.11 Å². The average molecular weight is 330 g/mol. The molecule has 6 heteroatoms. The van der Waals surface area contributed by atoms with Gasteiger partial charge in [-0.1, -0.05) is 22.5 Å². The monoisotopic (exact) mass is 329 g/mol. The standard InChI is InChI=1S/C13H16BrNO4/c1-9(14)8-15-13(17)10-3-4-11(18-2)12(7-10)19-6-5-16/h3-4,7,16H,1,5-6,8H2,2H3,(H,15,17). The molecule has 5 nitrogen and oxygen atoms in total. The maximum Gasteiger partial charge on any atom is 0.251 e. The fourth-order valence-corrected chi connectivity index (χ4v) is 1.50. The van der Waals surface area contributed by atoms with Crippen LogP contribution in [0.25, 0.3) is 0 Å². The Morgan fingerprint density at radius 2 is 2.21 bits per heavy atom. The number of carbonyl (C=O) groups excluding carboxylic acids is 1. The normalized spacial score (nSPS) is 9.84. The lowest BCUT2D eigenvalue weighted by molar-refractivity contribution is 0.0957. The number of nitrogens with one attached hydrogen (secondary N) is 1. The molecule has 1 aromatic carbocycles. The zero-order valence-corrected chi connectivity index (χ0v) is 12.2. The van der Waals surface area contributed by atoms with Gasteiger partial charge < -0.3 is 19.9 Å². The van der Waals surface area contributed by atoms with Crippen LogP contribution in [0.5, 0.6) is 11.5 Å². The Morgan fingerprint density at radius 1 is 1.47 bits per heavy atom. The summed E-state index contributed by atoms with van der Waals surface area (Å²) in [6.07, 6.45) is 0. The van der Waals surface area contributed by atoms with E-state index in [1.54, 1.807) is 18.2 Å². The van der Waals surface area contributed by atoms with Gasteiger partial charge in [0.15, 0.2) is 11.5 Å². The van der Waals surface area contributed by atoms with Crippen LogP contribution in [0, 0.1) is 0 Å². The summed E-state index contributed by atoms with van der Waals surface area (Å²) >= 11 is 3.17. The van der Waals surface area contributed by atoms with Crippen molar-refractivity contribution >= 4 is 21.8 Å². The molecular weight excluding hydrogens is 314 g/mol. The molecule has 0 spiro atoms. The molecule has 104 valence electrons. The molecule has 0 aliphatic carbocycles. The second-order valence-electron chi connectivity index (χ2n) is 3.64. The number of carbonyl (C=O) groups is 1. The van der Waals surface area contributed by atoms with Gasteiger partial charge in [-0.2, -0.15) is 0 Å². The van der Waals surface area contributed by atoms with Crippen LogP contribution in [-0.2, 0) is 0 Å². The summed E-state index contributed by atoms with van der Waals surface area (Å²) in [6, 6.07) is 4.85. The number of halogens is 1. The predicted molar refractivity (Wildman–Crippen MR) is 76.0 cm³/mol. The molecule has 0 saturated carbocycles. The van der Waals surface area contributed by atoms with Gasteiger partial charge in [-0.15, -0.1) is 0 Å². The summed E-state index contributed by atoms with van der Waals surface area (Å²) < 4.78 is 11.1. The zero-order valence-electron chi connectivity index (χ0n) is 10.6. The van der Waals surface area contributed by atoms with E-state index in [9.17, 15) is 4.79 Å². The largest absolute Gasteiger partial charge is 0.493 e. The third kappa shape index (κ3) is 4.92.